The minimum Gasteiger partial charge on any atom is -0.493 e. The number of carbonyl (C=O) groups is 1. The number of halogens is 1. The van der Waals surface area contributed by atoms with E-state index in [0.29, 0.717) is 36.7 Å². The summed E-state index contributed by atoms with van der Waals surface area (Å²) in [6.45, 7) is 5.60. The summed E-state index contributed by atoms with van der Waals surface area (Å²) in [4.78, 5) is 14.9. The van der Waals surface area contributed by atoms with Crippen molar-refractivity contribution in [2.75, 3.05) is 20.2 Å². The zero-order valence-electron chi connectivity index (χ0n) is 16.2. The lowest BCUT2D eigenvalue weighted by molar-refractivity contribution is 0.0742. The Morgan fingerprint density at radius 1 is 1.11 bits per heavy atom. The van der Waals surface area contributed by atoms with Crippen LogP contribution in [0.25, 0.3) is 0 Å². The van der Waals surface area contributed by atoms with Crippen molar-refractivity contribution in [1.82, 2.24) is 4.90 Å². The molecular formula is C21H29ClN2O3. The number of rotatable bonds is 9. The summed E-state index contributed by atoms with van der Waals surface area (Å²) in [5.74, 6) is 1.15. The average Bonchev–Trinajstić information content (AvgIpc) is 2.65. The normalized spacial score (nSPS) is 10.3. The molecule has 0 aliphatic carbocycles. The fourth-order valence-electron chi connectivity index (χ4n) is 2.67. The maximum Gasteiger partial charge on any atom is 0.254 e. The second-order valence-electron chi connectivity index (χ2n) is 6.39. The highest BCUT2D eigenvalue weighted by atomic mass is 35.5. The van der Waals surface area contributed by atoms with Crippen LogP contribution in [-0.4, -0.2) is 37.1 Å². The summed E-state index contributed by atoms with van der Waals surface area (Å²) < 4.78 is 11.1. The van der Waals surface area contributed by atoms with Gasteiger partial charge in [0.25, 0.3) is 5.91 Å². The third kappa shape index (κ3) is 6.77. The summed E-state index contributed by atoms with van der Waals surface area (Å²) in [6, 6.07) is 15.3. The van der Waals surface area contributed by atoms with Crippen LogP contribution in [0.5, 0.6) is 11.5 Å². The molecule has 0 unspecified atom stereocenters. The van der Waals surface area contributed by atoms with Crippen molar-refractivity contribution in [3.8, 4) is 11.5 Å². The van der Waals surface area contributed by atoms with Gasteiger partial charge in [0.2, 0.25) is 0 Å². The van der Waals surface area contributed by atoms with E-state index < -0.39 is 0 Å². The van der Waals surface area contributed by atoms with E-state index in [1.54, 1.807) is 25.3 Å². The van der Waals surface area contributed by atoms with Crippen LogP contribution < -0.4 is 15.2 Å². The topological polar surface area (TPSA) is 64.8 Å². The van der Waals surface area contributed by atoms with Crippen molar-refractivity contribution in [2.24, 2.45) is 5.73 Å². The van der Waals surface area contributed by atoms with Crippen molar-refractivity contribution < 1.29 is 14.3 Å². The highest BCUT2D eigenvalue weighted by Crippen LogP contribution is 2.29. The van der Waals surface area contributed by atoms with E-state index in [1.165, 1.54) is 0 Å². The Balaban J connectivity index is 0.00000364. The number of hydrogen-bond acceptors (Lipinski definition) is 4. The monoisotopic (exact) mass is 392 g/mol. The summed E-state index contributed by atoms with van der Waals surface area (Å²) in [5, 5.41) is 0. The van der Waals surface area contributed by atoms with Crippen LogP contribution in [0.1, 0.15) is 36.2 Å². The molecule has 27 heavy (non-hydrogen) atoms. The molecule has 0 atom stereocenters. The van der Waals surface area contributed by atoms with Crippen molar-refractivity contribution in [2.45, 2.75) is 32.9 Å². The molecule has 0 fully saturated rings. The summed E-state index contributed by atoms with van der Waals surface area (Å²) in [5.41, 5.74) is 7.31. The van der Waals surface area contributed by atoms with Crippen molar-refractivity contribution >= 4 is 18.3 Å². The highest BCUT2D eigenvalue weighted by Gasteiger charge is 2.18. The number of carbonyl (C=O) groups excluding carboxylic acids is 1. The first-order valence-corrected chi connectivity index (χ1v) is 8.93. The highest BCUT2D eigenvalue weighted by molar-refractivity contribution is 5.95. The lowest BCUT2D eigenvalue weighted by Crippen LogP contribution is -2.32. The Labute approximate surface area is 167 Å². The van der Waals surface area contributed by atoms with Crippen LogP contribution >= 0.6 is 12.4 Å². The van der Waals surface area contributed by atoms with Gasteiger partial charge in [-0.1, -0.05) is 30.3 Å². The van der Waals surface area contributed by atoms with Gasteiger partial charge < -0.3 is 20.1 Å². The molecule has 0 saturated carbocycles. The van der Waals surface area contributed by atoms with Gasteiger partial charge in [0.1, 0.15) is 0 Å². The molecule has 5 nitrogen and oxygen atoms in total. The number of nitrogens with zero attached hydrogens (tertiary/aromatic N) is 1. The summed E-state index contributed by atoms with van der Waals surface area (Å²) in [7, 11) is 1.58. The van der Waals surface area contributed by atoms with Crippen LogP contribution in [-0.2, 0) is 6.54 Å². The summed E-state index contributed by atoms with van der Waals surface area (Å²) in [6.07, 6.45) is 0.786. The number of nitrogens with two attached hydrogens (primary N) is 1. The minimum absolute atomic E-state index is 0. The minimum atomic E-state index is -0.0447. The van der Waals surface area contributed by atoms with Crippen molar-refractivity contribution in [3.05, 3.63) is 59.7 Å². The van der Waals surface area contributed by atoms with Gasteiger partial charge in [-0.25, -0.2) is 0 Å². The van der Waals surface area contributed by atoms with E-state index in [9.17, 15) is 4.79 Å². The van der Waals surface area contributed by atoms with Crippen LogP contribution in [0.4, 0.5) is 0 Å². The van der Waals surface area contributed by atoms with E-state index in [4.69, 9.17) is 15.2 Å². The second kappa shape index (κ2) is 11.5. The largest absolute Gasteiger partial charge is 0.493 e. The van der Waals surface area contributed by atoms with Gasteiger partial charge >= 0.3 is 0 Å². The Morgan fingerprint density at radius 2 is 1.81 bits per heavy atom. The number of amides is 1. The quantitative estimate of drug-likeness (QED) is 0.703. The first-order valence-electron chi connectivity index (χ1n) is 8.93. The third-order valence-corrected chi connectivity index (χ3v) is 3.91. The molecule has 2 rings (SSSR count). The van der Waals surface area contributed by atoms with Gasteiger partial charge in [0.15, 0.2) is 11.5 Å². The van der Waals surface area contributed by atoms with E-state index in [-0.39, 0.29) is 24.4 Å². The smallest absolute Gasteiger partial charge is 0.254 e. The van der Waals surface area contributed by atoms with Crippen molar-refractivity contribution in [1.29, 1.82) is 0 Å². The fourth-order valence-corrected chi connectivity index (χ4v) is 2.67. The number of ether oxygens (including phenoxy) is 2. The molecular weight excluding hydrogens is 364 g/mol. The molecule has 6 heteroatoms. The number of methoxy groups -OCH3 is 1. The molecule has 0 heterocycles. The van der Waals surface area contributed by atoms with Crippen LogP contribution in [0.3, 0.4) is 0 Å². The maximum atomic E-state index is 13.0. The molecule has 0 aliphatic heterocycles. The third-order valence-electron chi connectivity index (χ3n) is 3.91. The van der Waals surface area contributed by atoms with E-state index in [1.807, 2.05) is 49.1 Å². The standard InChI is InChI=1S/C21H28N2O3.ClH/c1-16(2)26-19-11-10-18(14-20(19)25-3)21(24)23(13-7-12-22)15-17-8-5-4-6-9-17;/h4-6,8-11,14,16H,7,12-13,15,22H2,1-3H3;1H. The van der Waals surface area contributed by atoms with Gasteiger partial charge in [-0.15, -0.1) is 12.4 Å². The lowest BCUT2D eigenvalue weighted by atomic mass is 10.1. The Morgan fingerprint density at radius 3 is 2.41 bits per heavy atom. The SMILES string of the molecule is COc1cc(C(=O)N(CCCN)Cc2ccccc2)ccc1OC(C)C.Cl. The predicted octanol–water partition coefficient (Wildman–Crippen LogP) is 3.90. The van der Waals surface area contributed by atoms with Crippen LogP contribution in [0, 0.1) is 0 Å². The summed E-state index contributed by atoms with van der Waals surface area (Å²) >= 11 is 0. The first-order chi connectivity index (χ1) is 12.5. The first kappa shape index (κ1) is 22.8. The van der Waals surface area contributed by atoms with Crippen LogP contribution in [0.2, 0.25) is 0 Å². The second-order valence-corrected chi connectivity index (χ2v) is 6.39. The molecule has 2 aromatic carbocycles. The molecule has 2 aromatic rings. The number of benzene rings is 2. The van der Waals surface area contributed by atoms with Crippen LogP contribution in [0.15, 0.2) is 48.5 Å². The van der Waals surface area contributed by atoms with Crippen molar-refractivity contribution in [3.63, 3.8) is 0 Å². The molecule has 1 amide bonds. The predicted molar refractivity (Wildman–Crippen MR) is 111 cm³/mol. The number of hydrogen-bond donors (Lipinski definition) is 1. The Hall–Kier alpha value is -2.24. The van der Waals surface area contributed by atoms with Gasteiger partial charge in [-0.2, -0.15) is 0 Å². The zero-order chi connectivity index (χ0) is 18.9. The molecule has 0 aliphatic rings. The average molecular weight is 393 g/mol. The molecule has 0 aromatic heterocycles. The van der Waals surface area contributed by atoms with E-state index in [0.717, 1.165) is 12.0 Å². The van der Waals surface area contributed by atoms with Gasteiger partial charge in [0, 0.05) is 18.7 Å². The molecule has 0 radical (unpaired) electrons. The Kier molecular flexibility index (Phi) is 9.68. The van der Waals surface area contributed by atoms with Gasteiger partial charge in [-0.05, 0) is 50.6 Å². The lowest BCUT2D eigenvalue weighted by Gasteiger charge is -2.23. The van der Waals surface area contributed by atoms with E-state index >= 15 is 0 Å². The molecule has 148 valence electrons. The molecule has 2 N–H and O–H groups in total. The van der Waals surface area contributed by atoms with Gasteiger partial charge in [-0.3, -0.25) is 4.79 Å². The fraction of sp³-hybridized carbons (Fsp3) is 0.381. The van der Waals surface area contributed by atoms with E-state index in [2.05, 4.69) is 0 Å². The van der Waals surface area contributed by atoms with Gasteiger partial charge in [0.05, 0.1) is 13.2 Å². The molecule has 0 saturated heterocycles. The zero-order valence-corrected chi connectivity index (χ0v) is 17.0. The molecule has 0 spiro atoms. The maximum absolute atomic E-state index is 13.0. The Bertz CT molecular complexity index is 708. The molecule has 0 bridgehead atoms.